The number of nitrogens with zero attached hydrogens (tertiary/aromatic N) is 1. The van der Waals surface area contributed by atoms with Gasteiger partial charge in [0.2, 0.25) is 0 Å². The first kappa shape index (κ1) is 20.9. The molecular formula is C26H20ClFN2O. The number of aromatic amines is 1. The summed E-state index contributed by atoms with van der Waals surface area (Å²) in [6, 6.07) is 19.8. The van der Waals surface area contributed by atoms with Gasteiger partial charge in [0.05, 0.1) is 28.1 Å². The van der Waals surface area contributed by atoms with Gasteiger partial charge in [-0.3, -0.25) is 0 Å². The van der Waals surface area contributed by atoms with Crippen molar-refractivity contribution in [2.24, 2.45) is 0 Å². The summed E-state index contributed by atoms with van der Waals surface area (Å²) < 4.78 is 14.1. The number of rotatable bonds is 3. The van der Waals surface area contributed by atoms with Crippen LogP contribution in [0.2, 0.25) is 5.02 Å². The molecule has 1 aromatic heterocycles. The maximum absolute atomic E-state index is 14.1. The molecule has 154 valence electrons. The predicted octanol–water partition coefficient (Wildman–Crippen LogP) is 6.16. The number of halogens is 2. The van der Waals surface area contributed by atoms with Gasteiger partial charge < -0.3 is 10.1 Å². The van der Waals surface area contributed by atoms with Gasteiger partial charge >= 0.3 is 0 Å². The highest BCUT2D eigenvalue weighted by molar-refractivity contribution is 6.33. The van der Waals surface area contributed by atoms with E-state index in [4.69, 9.17) is 11.6 Å². The fraction of sp³-hybridized carbons (Fsp3) is 0.115. The number of aliphatic hydroxyl groups is 1. The average molecular weight is 431 g/mol. The molecule has 0 spiro atoms. The molecule has 1 heterocycles. The van der Waals surface area contributed by atoms with Crippen molar-refractivity contribution in [2.75, 3.05) is 0 Å². The SMILES string of the molecule is CC(C)(O)c1ccc(C#Cc2ccc(-c3cnc(-c4c(F)cccc4Cl)[nH]3)cc2)cc1. The smallest absolute Gasteiger partial charge is 0.142 e. The largest absolute Gasteiger partial charge is 0.386 e. The van der Waals surface area contributed by atoms with Crippen molar-refractivity contribution in [1.82, 2.24) is 9.97 Å². The van der Waals surface area contributed by atoms with Crippen molar-refractivity contribution >= 4 is 11.6 Å². The van der Waals surface area contributed by atoms with Crippen LogP contribution in [0.1, 0.15) is 30.5 Å². The van der Waals surface area contributed by atoms with E-state index in [2.05, 4.69) is 21.8 Å². The van der Waals surface area contributed by atoms with E-state index >= 15 is 0 Å². The number of nitrogens with one attached hydrogen (secondary N) is 1. The van der Waals surface area contributed by atoms with Gasteiger partial charge in [0.1, 0.15) is 11.6 Å². The topological polar surface area (TPSA) is 48.9 Å². The predicted molar refractivity (Wildman–Crippen MR) is 122 cm³/mol. The highest BCUT2D eigenvalue weighted by atomic mass is 35.5. The van der Waals surface area contributed by atoms with Crippen LogP contribution >= 0.6 is 11.6 Å². The lowest BCUT2D eigenvalue weighted by Gasteiger charge is -2.17. The lowest BCUT2D eigenvalue weighted by atomic mass is 9.97. The summed E-state index contributed by atoms with van der Waals surface area (Å²) in [5, 5.41) is 10.3. The lowest BCUT2D eigenvalue weighted by Crippen LogP contribution is -2.14. The third-order valence-electron chi connectivity index (χ3n) is 4.91. The molecule has 0 amide bonds. The Labute approximate surface area is 185 Å². The van der Waals surface area contributed by atoms with Crippen LogP contribution in [0.15, 0.2) is 72.9 Å². The first-order valence-electron chi connectivity index (χ1n) is 9.76. The van der Waals surface area contributed by atoms with Crippen LogP contribution in [-0.4, -0.2) is 15.1 Å². The molecule has 0 aliphatic carbocycles. The Morgan fingerprint density at radius 1 is 0.935 bits per heavy atom. The van der Waals surface area contributed by atoms with E-state index in [1.54, 1.807) is 32.2 Å². The van der Waals surface area contributed by atoms with E-state index in [0.717, 1.165) is 27.9 Å². The van der Waals surface area contributed by atoms with Crippen LogP contribution in [0.3, 0.4) is 0 Å². The second-order valence-corrected chi connectivity index (χ2v) is 8.11. The Bertz CT molecular complexity index is 1250. The number of benzene rings is 3. The van der Waals surface area contributed by atoms with E-state index in [1.807, 2.05) is 48.5 Å². The minimum atomic E-state index is -0.869. The van der Waals surface area contributed by atoms with Crippen molar-refractivity contribution in [3.63, 3.8) is 0 Å². The quantitative estimate of drug-likeness (QED) is 0.382. The number of hydrogen-bond acceptors (Lipinski definition) is 2. The Morgan fingerprint density at radius 2 is 1.55 bits per heavy atom. The van der Waals surface area contributed by atoms with Gasteiger partial charge in [0, 0.05) is 11.1 Å². The molecule has 0 atom stereocenters. The molecule has 5 heteroatoms. The Hall–Kier alpha value is -3.39. The minimum absolute atomic E-state index is 0.258. The monoisotopic (exact) mass is 430 g/mol. The summed E-state index contributed by atoms with van der Waals surface area (Å²) >= 11 is 6.13. The molecule has 0 saturated carbocycles. The summed E-state index contributed by atoms with van der Waals surface area (Å²) in [4.78, 5) is 7.41. The third-order valence-corrected chi connectivity index (χ3v) is 5.23. The molecule has 0 aliphatic heterocycles. The van der Waals surface area contributed by atoms with Gasteiger partial charge in [0.15, 0.2) is 0 Å². The summed E-state index contributed by atoms with van der Waals surface area (Å²) in [7, 11) is 0. The van der Waals surface area contributed by atoms with Gasteiger partial charge in [-0.2, -0.15) is 0 Å². The lowest BCUT2D eigenvalue weighted by molar-refractivity contribution is 0.0786. The zero-order valence-corrected chi connectivity index (χ0v) is 17.8. The normalized spacial score (nSPS) is 11.1. The second kappa shape index (κ2) is 8.39. The van der Waals surface area contributed by atoms with Crippen LogP contribution in [0.25, 0.3) is 22.6 Å². The number of H-pyrrole nitrogens is 1. The maximum atomic E-state index is 14.1. The van der Waals surface area contributed by atoms with Crippen molar-refractivity contribution in [3.8, 4) is 34.5 Å². The van der Waals surface area contributed by atoms with Crippen LogP contribution in [0.5, 0.6) is 0 Å². The number of imidazole rings is 1. The third kappa shape index (κ3) is 4.69. The van der Waals surface area contributed by atoms with E-state index in [0.29, 0.717) is 10.8 Å². The molecule has 0 aliphatic rings. The zero-order chi connectivity index (χ0) is 22.0. The van der Waals surface area contributed by atoms with Crippen LogP contribution in [0, 0.1) is 17.7 Å². The minimum Gasteiger partial charge on any atom is -0.386 e. The second-order valence-electron chi connectivity index (χ2n) is 7.71. The van der Waals surface area contributed by atoms with Crippen LogP contribution in [-0.2, 0) is 5.60 Å². The fourth-order valence-electron chi connectivity index (χ4n) is 3.16. The molecular weight excluding hydrogens is 411 g/mol. The van der Waals surface area contributed by atoms with Crippen molar-refractivity contribution in [2.45, 2.75) is 19.4 Å². The molecule has 0 bridgehead atoms. The van der Waals surface area contributed by atoms with Crippen LogP contribution in [0.4, 0.5) is 4.39 Å². The van der Waals surface area contributed by atoms with E-state index in [9.17, 15) is 9.50 Å². The molecule has 3 aromatic carbocycles. The molecule has 2 N–H and O–H groups in total. The summed E-state index contributed by atoms with van der Waals surface area (Å²) in [5.74, 6) is 6.23. The van der Waals surface area contributed by atoms with E-state index < -0.39 is 11.4 Å². The maximum Gasteiger partial charge on any atom is 0.142 e. The molecule has 3 nitrogen and oxygen atoms in total. The van der Waals surface area contributed by atoms with Gasteiger partial charge in [-0.15, -0.1) is 0 Å². The van der Waals surface area contributed by atoms with Crippen molar-refractivity contribution in [3.05, 3.63) is 100 Å². The van der Waals surface area contributed by atoms with Crippen LogP contribution < -0.4 is 0 Å². The summed E-state index contributed by atoms with van der Waals surface area (Å²) in [6.07, 6.45) is 1.66. The van der Waals surface area contributed by atoms with Gasteiger partial charge in [-0.25, -0.2) is 9.37 Å². The first-order valence-corrected chi connectivity index (χ1v) is 10.1. The molecule has 0 unspecified atom stereocenters. The zero-order valence-electron chi connectivity index (χ0n) is 17.1. The molecule has 0 radical (unpaired) electrons. The Morgan fingerprint density at radius 3 is 2.13 bits per heavy atom. The molecule has 31 heavy (non-hydrogen) atoms. The molecule has 4 rings (SSSR count). The number of hydrogen-bond donors (Lipinski definition) is 2. The standard InChI is InChI=1S/C26H20ClFN2O/c1-26(2,31)20-14-10-18(11-15-20)7-6-17-8-12-19(13-9-17)23-16-29-25(30-23)24-21(27)4-3-5-22(24)28/h3-5,8-16,31H,1-2H3,(H,29,30). The van der Waals surface area contributed by atoms with E-state index in [1.165, 1.54) is 6.07 Å². The van der Waals surface area contributed by atoms with Gasteiger partial charge in [-0.05, 0) is 61.4 Å². The number of aromatic nitrogens is 2. The van der Waals surface area contributed by atoms with Gasteiger partial charge in [-0.1, -0.05) is 53.8 Å². The fourth-order valence-corrected chi connectivity index (χ4v) is 3.41. The molecule has 0 saturated heterocycles. The molecule has 0 fully saturated rings. The van der Waals surface area contributed by atoms with E-state index in [-0.39, 0.29) is 5.56 Å². The summed E-state index contributed by atoms with van der Waals surface area (Å²) in [5.41, 5.74) is 3.64. The summed E-state index contributed by atoms with van der Waals surface area (Å²) in [6.45, 7) is 3.51. The highest BCUT2D eigenvalue weighted by Gasteiger charge is 2.15. The average Bonchev–Trinajstić information content (AvgIpc) is 3.22. The molecule has 4 aromatic rings. The Kier molecular flexibility index (Phi) is 5.65. The van der Waals surface area contributed by atoms with Crippen molar-refractivity contribution < 1.29 is 9.50 Å². The van der Waals surface area contributed by atoms with Gasteiger partial charge in [0.25, 0.3) is 0 Å². The first-order chi connectivity index (χ1) is 14.8. The Balaban J connectivity index is 1.52. The van der Waals surface area contributed by atoms with Crippen molar-refractivity contribution in [1.29, 1.82) is 0 Å². The highest BCUT2D eigenvalue weighted by Crippen LogP contribution is 2.30.